The molecule has 200 valence electrons. The Hall–Kier alpha value is -1.27. The molecule has 5 heteroatoms. The SMILES string of the molecule is C=C(C)[C@H](O)[C@H]1C[C@@H]([C@@H]2CC=C3[C@]4(C)[C@H](O)C[C@H]5C(C)(C)C(=O)C=C[C@]5(C)[C@H]4CC[C@]32C)[C@H](OC)O1. The number of carbonyl (C=O) groups is 1. The van der Waals surface area contributed by atoms with Crippen molar-refractivity contribution in [3.8, 4) is 0 Å². The molecule has 0 aromatic carbocycles. The van der Waals surface area contributed by atoms with Crippen LogP contribution in [0.25, 0.3) is 0 Å². The first-order chi connectivity index (χ1) is 16.7. The summed E-state index contributed by atoms with van der Waals surface area (Å²) in [6.07, 6.45) is 8.98. The molecule has 4 aliphatic carbocycles. The monoisotopic (exact) mass is 498 g/mol. The largest absolute Gasteiger partial charge is 0.392 e. The highest BCUT2D eigenvalue weighted by Crippen LogP contribution is 2.72. The van der Waals surface area contributed by atoms with Crippen molar-refractivity contribution in [3.63, 3.8) is 0 Å². The van der Waals surface area contributed by atoms with Crippen LogP contribution in [0, 0.1) is 45.3 Å². The molecule has 5 aliphatic rings. The van der Waals surface area contributed by atoms with Crippen LogP contribution in [0.4, 0.5) is 0 Å². The van der Waals surface area contributed by atoms with Crippen molar-refractivity contribution in [1.82, 2.24) is 0 Å². The van der Waals surface area contributed by atoms with Gasteiger partial charge in [0.25, 0.3) is 0 Å². The molecule has 0 unspecified atom stereocenters. The zero-order valence-electron chi connectivity index (χ0n) is 23.2. The van der Waals surface area contributed by atoms with E-state index in [0.29, 0.717) is 12.3 Å². The lowest BCUT2D eigenvalue weighted by Gasteiger charge is -2.66. The van der Waals surface area contributed by atoms with E-state index >= 15 is 0 Å². The van der Waals surface area contributed by atoms with Gasteiger partial charge in [-0.3, -0.25) is 4.79 Å². The third-order valence-corrected chi connectivity index (χ3v) is 11.8. The number of hydrogen-bond donors (Lipinski definition) is 2. The van der Waals surface area contributed by atoms with Crippen molar-refractivity contribution in [2.45, 2.75) is 98.2 Å². The van der Waals surface area contributed by atoms with E-state index in [4.69, 9.17) is 9.47 Å². The molecule has 0 aromatic heterocycles. The molecule has 5 nitrogen and oxygen atoms in total. The lowest BCUT2D eigenvalue weighted by atomic mass is 9.38. The standard InChI is InChI=1S/C31H46O5/c1-17(2)26(34)20-15-18(27(35-8)36-20)19-9-10-21-29(19,5)13-11-22-30(6)14-12-24(32)28(3,4)23(30)16-25(33)31(21,22)7/h10,12,14,18-20,22-23,25-27,33-34H,1,9,11,13,15-16H2,2-8H3/t18-,19-,20+,22+,23-,25+,26-,27+,29-,30+,31-/m0/s1. The summed E-state index contributed by atoms with van der Waals surface area (Å²) in [5.41, 5.74) is 1.11. The minimum Gasteiger partial charge on any atom is -0.392 e. The molecule has 2 saturated carbocycles. The molecular formula is C31H46O5. The molecule has 0 aromatic rings. The Morgan fingerprint density at radius 1 is 1.19 bits per heavy atom. The Morgan fingerprint density at radius 3 is 2.53 bits per heavy atom. The second kappa shape index (κ2) is 8.36. The second-order valence-electron chi connectivity index (χ2n) is 13.8. The van der Waals surface area contributed by atoms with Crippen LogP contribution in [0.2, 0.25) is 0 Å². The summed E-state index contributed by atoms with van der Waals surface area (Å²) in [6, 6.07) is 0. The Bertz CT molecular complexity index is 1010. The first-order valence-electron chi connectivity index (χ1n) is 13.9. The van der Waals surface area contributed by atoms with Gasteiger partial charge >= 0.3 is 0 Å². The maximum Gasteiger partial charge on any atom is 0.161 e. The van der Waals surface area contributed by atoms with Crippen LogP contribution < -0.4 is 0 Å². The zero-order valence-corrected chi connectivity index (χ0v) is 23.2. The summed E-state index contributed by atoms with van der Waals surface area (Å²) in [5.74, 6) is 1.08. The molecule has 36 heavy (non-hydrogen) atoms. The van der Waals surface area contributed by atoms with E-state index in [9.17, 15) is 15.0 Å². The van der Waals surface area contributed by atoms with E-state index in [0.717, 1.165) is 31.3 Å². The number of ether oxygens (including phenoxy) is 2. The highest BCUT2D eigenvalue weighted by molar-refractivity contribution is 5.95. The smallest absolute Gasteiger partial charge is 0.161 e. The number of aliphatic hydroxyl groups is 2. The number of ketones is 1. The van der Waals surface area contributed by atoms with Gasteiger partial charge in [0.15, 0.2) is 12.1 Å². The fourth-order valence-corrected chi connectivity index (χ4v) is 9.77. The fourth-order valence-electron chi connectivity index (χ4n) is 9.77. The molecule has 1 heterocycles. The lowest BCUT2D eigenvalue weighted by Crippen LogP contribution is -2.63. The zero-order chi connectivity index (χ0) is 26.4. The summed E-state index contributed by atoms with van der Waals surface area (Å²) in [6.45, 7) is 16.9. The van der Waals surface area contributed by atoms with Crippen LogP contribution in [0.3, 0.4) is 0 Å². The van der Waals surface area contributed by atoms with E-state index in [1.54, 1.807) is 7.11 Å². The number of hydrogen-bond acceptors (Lipinski definition) is 5. The van der Waals surface area contributed by atoms with E-state index in [1.807, 2.05) is 13.0 Å². The third kappa shape index (κ3) is 3.31. The van der Waals surface area contributed by atoms with Crippen LogP contribution in [0.1, 0.15) is 73.6 Å². The van der Waals surface area contributed by atoms with Crippen molar-refractivity contribution < 1.29 is 24.5 Å². The van der Waals surface area contributed by atoms with Crippen LogP contribution in [-0.2, 0) is 14.3 Å². The van der Waals surface area contributed by atoms with E-state index in [-0.39, 0.29) is 52.2 Å². The summed E-state index contributed by atoms with van der Waals surface area (Å²) in [4.78, 5) is 12.8. The predicted octanol–water partition coefficient (Wildman–Crippen LogP) is 5.22. The summed E-state index contributed by atoms with van der Waals surface area (Å²) < 4.78 is 12.0. The molecule has 1 aliphatic heterocycles. The van der Waals surface area contributed by atoms with Gasteiger partial charge in [0.05, 0.1) is 12.2 Å². The predicted molar refractivity (Wildman–Crippen MR) is 140 cm³/mol. The normalized spacial score (nSPS) is 50.2. The Labute approximate surface area is 217 Å². The summed E-state index contributed by atoms with van der Waals surface area (Å²) in [5, 5.41) is 22.5. The first kappa shape index (κ1) is 26.3. The van der Waals surface area contributed by atoms with Crippen LogP contribution in [0.5, 0.6) is 0 Å². The molecule has 3 fully saturated rings. The van der Waals surface area contributed by atoms with Crippen molar-refractivity contribution in [2.75, 3.05) is 7.11 Å². The molecule has 0 amide bonds. The molecule has 1 saturated heterocycles. The van der Waals surface area contributed by atoms with Crippen molar-refractivity contribution in [1.29, 1.82) is 0 Å². The average molecular weight is 499 g/mol. The first-order valence-corrected chi connectivity index (χ1v) is 13.9. The maximum atomic E-state index is 12.8. The van der Waals surface area contributed by atoms with E-state index < -0.39 is 17.6 Å². The van der Waals surface area contributed by atoms with Gasteiger partial charge in [0.1, 0.15) is 6.10 Å². The fraction of sp³-hybridized carbons (Fsp3) is 0.774. The topological polar surface area (TPSA) is 76.0 Å². The van der Waals surface area contributed by atoms with Crippen LogP contribution >= 0.6 is 0 Å². The lowest BCUT2D eigenvalue weighted by molar-refractivity contribution is -0.173. The second-order valence-corrected chi connectivity index (χ2v) is 13.8. The highest BCUT2D eigenvalue weighted by atomic mass is 16.7. The summed E-state index contributed by atoms with van der Waals surface area (Å²) in [7, 11) is 1.70. The van der Waals surface area contributed by atoms with Crippen LogP contribution in [0.15, 0.2) is 36.0 Å². The van der Waals surface area contributed by atoms with Gasteiger partial charge in [0, 0.05) is 23.9 Å². The minimum atomic E-state index is -0.691. The number of aliphatic hydroxyl groups excluding tert-OH is 2. The quantitative estimate of drug-likeness (QED) is 0.520. The van der Waals surface area contributed by atoms with Gasteiger partial charge in [-0.25, -0.2) is 0 Å². The molecular weight excluding hydrogens is 452 g/mol. The molecule has 0 spiro atoms. The number of methoxy groups -OCH3 is 1. The third-order valence-electron chi connectivity index (χ3n) is 11.8. The van der Waals surface area contributed by atoms with Gasteiger partial charge in [0.2, 0.25) is 0 Å². The number of fused-ring (bicyclic) bond motifs is 5. The van der Waals surface area contributed by atoms with Gasteiger partial charge in [-0.1, -0.05) is 58.9 Å². The Morgan fingerprint density at radius 2 is 1.89 bits per heavy atom. The maximum absolute atomic E-state index is 12.8. The Balaban J connectivity index is 1.48. The number of allylic oxidation sites excluding steroid dienone is 3. The molecule has 2 N–H and O–H groups in total. The Kier molecular flexibility index (Phi) is 6.12. The van der Waals surface area contributed by atoms with Crippen molar-refractivity contribution in [2.24, 2.45) is 45.3 Å². The van der Waals surface area contributed by atoms with Crippen molar-refractivity contribution >= 4 is 5.78 Å². The van der Waals surface area contributed by atoms with E-state index in [1.165, 1.54) is 5.57 Å². The molecule has 0 radical (unpaired) electrons. The number of rotatable bonds is 4. The molecule has 11 atom stereocenters. The van der Waals surface area contributed by atoms with Crippen LogP contribution in [-0.4, -0.2) is 47.7 Å². The molecule has 5 rings (SSSR count). The molecule has 0 bridgehead atoms. The van der Waals surface area contributed by atoms with Gasteiger partial charge < -0.3 is 19.7 Å². The van der Waals surface area contributed by atoms with Crippen molar-refractivity contribution in [3.05, 3.63) is 36.0 Å². The van der Waals surface area contributed by atoms with Gasteiger partial charge in [-0.15, -0.1) is 0 Å². The van der Waals surface area contributed by atoms with Gasteiger partial charge in [-0.05, 0) is 79.3 Å². The number of carbonyl (C=O) groups excluding carboxylic acids is 1. The van der Waals surface area contributed by atoms with Gasteiger partial charge in [-0.2, -0.15) is 0 Å². The average Bonchev–Trinajstić information content (AvgIpc) is 3.39. The minimum absolute atomic E-state index is 0.0625. The highest BCUT2D eigenvalue weighted by Gasteiger charge is 2.68. The summed E-state index contributed by atoms with van der Waals surface area (Å²) >= 11 is 0. The van der Waals surface area contributed by atoms with E-state index in [2.05, 4.69) is 53.3 Å².